The van der Waals surface area contributed by atoms with Crippen LogP contribution in [0.1, 0.15) is 4.88 Å². The average molecular weight is 186 g/mol. The van der Waals surface area contributed by atoms with Crippen molar-refractivity contribution in [3.63, 3.8) is 0 Å². The summed E-state index contributed by atoms with van der Waals surface area (Å²) >= 11 is 1.37. The highest BCUT2D eigenvalue weighted by molar-refractivity contribution is 7.15. The summed E-state index contributed by atoms with van der Waals surface area (Å²) in [4.78, 5) is 11.3. The maximum absolute atomic E-state index is 10.4. The quantitative estimate of drug-likeness (QED) is 0.632. The van der Waals surface area contributed by atoms with Crippen molar-refractivity contribution >= 4 is 22.3 Å². The van der Waals surface area contributed by atoms with Gasteiger partial charge in [0.25, 0.3) is 0 Å². The Bertz CT molecular complexity index is 285. The van der Waals surface area contributed by atoms with Crippen molar-refractivity contribution in [2.75, 3.05) is 5.73 Å². The molecule has 66 valence electrons. The molecule has 0 aliphatic rings. The van der Waals surface area contributed by atoms with Crippen molar-refractivity contribution in [2.24, 2.45) is 5.73 Å². The Kier molecular flexibility index (Phi) is 2.67. The van der Waals surface area contributed by atoms with E-state index in [4.69, 9.17) is 16.6 Å². The predicted molar refractivity (Wildman–Crippen MR) is 48.0 cm³/mol. The van der Waals surface area contributed by atoms with Crippen molar-refractivity contribution < 1.29 is 9.90 Å². The second-order valence-corrected chi connectivity index (χ2v) is 3.65. The molecule has 12 heavy (non-hydrogen) atoms. The molecule has 0 saturated carbocycles. The molecule has 0 amide bonds. The summed E-state index contributed by atoms with van der Waals surface area (Å²) in [6.07, 6.45) is 0.344. The third-order valence-electron chi connectivity index (χ3n) is 1.42. The minimum absolute atomic E-state index is 0.344. The normalized spacial score (nSPS) is 12.8. The van der Waals surface area contributed by atoms with E-state index in [2.05, 4.69) is 0 Å². The van der Waals surface area contributed by atoms with Crippen LogP contribution in [0.25, 0.3) is 0 Å². The van der Waals surface area contributed by atoms with Crippen LogP contribution in [0.15, 0.2) is 12.1 Å². The van der Waals surface area contributed by atoms with E-state index in [0.717, 1.165) is 4.88 Å². The van der Waals surface area contributed by atoms with Gasteiger partial charge in [-0.15, -0.1) is 11.3 Å². The standard InChI is InChI=1S/C7H10N2O2S/c8-5(7(10)11)3-4-1-2-6(9)12-4/h1-2,5H,3,8-9H2,(H,10,11)/t5-/m0/s1. The van der Waals surface area contributed by atoms with E-state index < -0.39 is 12.0 Å². The molecule has 0 fully saturated rings. The molecule has 1 aromatic rings. The van der Waals surface area contributed by atoms with Crippen LogP contribution in [0, 0.1) is 0 Å². The molecular weight excluding hydrogens is 176 g/mol. The molecule has 0 saturated heterocycles. The molecule has 0 aromatic carbocycles. The smallest absolute Gasteiger partial charge is 0.320 e. The van der Waals surface area contributed by atoms with E-state index >= 15 is 0 Å². The molecule has 0 spiro atoms. The van der Waals surface area contributed by atoms with Crippen molar-refractivity contribution in [3.05, 3.63) is 17.0 Å². The van der Waals surface area contributed by atoms with Crippen LogP contribution in [0.5, 0.6) is 0 Å². The Morgan fingerprint density at radius 2 is 2.33 bits per heavy atom. The lowest BCUT2D eigenvalue weighted by atomic mass is 10.2. The summed E-state index contributed by atoms with van der Waals surface area (Å²) in [5, 5.41) is 9.18. The number of aliphatic carboxylic acids is 1. The van der Waals surface area contributed by atoms with Gasteiger partial charge in [0.05, 0.1) is 5.00 Å². The number of carbonyl (C=O) groups is 1. The van der Waals surface area contributed by atoms with Crippen molar-refractivity contribution in [3.8, 4) is 0 Å². The number of carboxylic acids is 1. The number of nitrogen functional groups attached to an aromatic ring is 1. The van der Waals surface area contributed by atoms with Crippen LogP contribution >= 0.6 is 11.3 Å². The highest BCUT2D eigenvalue weighted by Gasteiger charge is 2.12. The topological polar surface area (TPSA) is 89.3 Å². The number of rotatable bonds is 3. The van der Waals surface area contributed by atoms with Crippen LogP contribution in [0.4, 0.5) is 5.00 Å². The second kappa shape index (κ2) is 3.55. The highest BCUT2D eigenvalue weighted by Crippen LogP contribution is 2.19. The molecule has 1 rings (SSSR count). The first-order valence-corrected chi connectivity index (χ1v) is 4.24. The molecular formula is C7H10N2O2S. The van der Waals surface area contributed by atoms with Crippen LogP contribution in [-0.4, -0.2) is 17.1 Å². The summed E-state index contributed by atoms with van der Waals surface area (Å²) in [5.74, 6) is -0.984. The Morgan fingerprint density at radius 3 is 2.75 bits per heavy atom. The van der Waals surface area contributed by atoms with Gasteiger partial charge < -0.3 is 16.6 Å². The maximum atomic E-state index is 10.4. The minimum Gasteiger partial charge on any atom is -0.480 e. The largest absolute Gasteiger partial charge is 0.480 e. The highest BCUT2D eigenvalue weighted by atomic mass is 32.1. The van der Waals surface area contributed by atoms with E-state index in [1.165, 1.54) is 11.3 Å². The number of nitrogens with two attached hydrogens (primary N) is 2. The van der Waals surface area contributed by atoms with E-state index in [0.29, 0.717) is 11.4 Å². The third-order valence-corrected chi connectivity index (χ3v) is 2.36. The lowest BCUT2D eigenvalue weighted by Crippen LogP contribution is -2.31. The fourth-order valence-electron chi connectivity index (χ4n) is 0.808. The minimum atomic E-state index is -0.984. The Labute approximate surface area is 73.8 Å². The summed E-state index contributed by atoms with van der Waals surface area (Å²) in [7, 11) is 0. The third kappa shape index (κ3) is 2.21. The SMILES string of the molecule is Nc1ccc(C[C@H](N)C(=O)O)s1. The number of carboxylic acid groups (broad SMARTS) is 1. The van der Waals surface area contributed by atoms with E-state index in [1.807, 2.05) is 0 Å². The second-order valence-electron chi connectivity index (χ2n) is 2.45. The van der Waals surface area contributed by atoms with Crippen molar-refractivity contribution in [1.29, 1.82) is 0 Å². The van der Waals surface area contributed by atoms with E-state index in [9.17, 15) is 4.79 Å². The van der Waals surface area contributed by atoms with Crippen LogP contribution < -0.4 is 11.5 Å². The Hall–Kier alpha value is -1.07. The van der Waals surface area contributed by atoms with Gasteiger partial charge in [0, 0.05) is 11.3 Å². The molecule has 4 nitrogen and oxygen atoms in total. The first kappa shape index (κ1) is 9.02. The Morgan fingerprint density at radius 1 is 1.67 bits per heavy atom. The van der Waals surface area contributed by atoms with Crippen LogP contribution in [0.3, 0.4) is 0 Å². The van der Waals surface area contributed by atoms with Gasteiger partial charge in [-0.1, -0.05) is 0 Å². The van der Waals surface area contributed by atoms with E-state index in [-0.39, 0.29) is 0 Å². The molecule has 1 atom stereocenters. The number of anilines is 1. The van der Waals surface area contributed by atoms with Crippen molar-refractivity contribution in [2.45, 2.75) is 12.5 Å². The van der Waals surface area contributed by atoms with Gasteiger partial charge in [-0.3, -0.25) is 4.79 Å². The van der Waals surface area contributed by atoms with Crippen molar-refractivity contribution in [1.82, 2.24) is 0 Å². The molecule has 5 heteroatoms. The van der Waals surface area contributed by atoms with Crippen LogP contribution in [-0.2, 0) is 11.2 Å². The summed E-state index contributed by atoms with van der Waals surface area (Å²) in [5.41, 5.74) is 10.8. The number of thiophene rings is 1. The average Bonchev–Trinajstić information content (AvgIpc) is 2.35. The van der Waals surface area contributed by atoms with Gasteiger partial charge in [-0.05, 0) is 12.1 Å². The zero-order valence-corrected chi connectivity index (χ0v) is 7.17. The molecule has 1 aromatic heterocycles. The number of hydrogen-bond donors (Lipinski definition) is 3. The van der Waals surface area contributed by atoms with Gasteiger partial charge in [0.15, 0.2) is 0 Å². The monoisotopic (exact) mass is 186 g/mol. The lowest BCUT2D eigenvalue weighted by Gasteiger charge is -2.02. The lowest BCUT2D eigenvalue weighted by molar-refractivity contribution is -0.138. The van der Waals surface area contributed by atoms with E-state index in [1.54, 1.807) is 12.1 Å². The van der Waals surface area contributed by atoms with Gasteiger partial charge in [0.2, 0.25) is 0 Å². The molecule has 1 heterocycles. The molecule has 0 unspecified atom stereocenters. The van der Waals surface area contributed by atoms with Gasteiger partial charge in [-0.2, -0.15) is 0 Å². The van der Waals surface area contributed by atoms with Gasteiger partial charge in [0.1, 0.15) is 6.04 Å². The first-order chi connectivity index (χ1) is 5.59. The fraction of sp³-hybridized carbons (Fsp3) is 0.286. The first-order valence-electron chi connectivity index (χ1n) is 3.42. The zero-order valence-electron chi connectivity index (χ0n) is 6.36. The molecule has 0 aliphatic carbocycles. The van der Waals surface area contributed by atoms with Crippen LogP contribution in [0.2, 0.25) is 0 Å². The molecule has 0 aliphatic heterocycles. The summed E-state index contributed by atoms with van der Waals surface area (Å²) in [6.45, 7) is 0. The molecule has 5 N–H and O–H groups in total. The maximum Gasteiger partial charge on any atom is 0.320 e. The predicted octanol–water partition coefficient (Wildman–Crippen LogP) is 0.285. The summed E-state index contributed by atoms with van der Waals surface area (Å²) < 4.78 is 0. The molecule has 0 bridgehead atoms. The number of hydrogen-bond acceptors (Lipinski definition) is 4. The van der Waals surface area contributed by atoms with Gasteiger partial charge in [-0.25, -0.2) is 0 Å². The Balaban J connectivity index is 2.58. The zero-order chi connectivity index (χ0) is 9.14. The van der Waals surface area contributed by atoms with Gasteiger partial charge >= 0.3 is 5.97 Å². The molecule has 0 radical (unpaired) electrons. The summed E-state index contributed by atoms with van der Waals surface area (Å²) in [6, 6.07) is 2.71. The fourth-order valence-corrected chi connectivity index (χ4v) is 1.65.